The molecule has 0 amide bonds. The van der Waals surface area contributed by atoms with Crippen LogP contribution in [0.5, 0.6) is 0 Å². The topological polar surface area (TPSA) is 61.2 Å². The van der Waals surface area contributed by atoms with Gasteiger partial charge in [-0.3, -0.25) is 14.2 Å². The Morgan fingerprint density at radius 2 is 2.25 bits per heavy atom. The molecule has 0 saturated carbocycles. The molecule has 0 spiro atoms. The van der Waals surface area contributed by atoms with Crippen LogP contribution in [-0.2, 0) is 16.1 Å². The molecule has 1 atom stereocenters. The normalized spacial score (nSPS) is 17.1. The molecule has 3 rings (SSSR count). The highest BCUT2D eigenvalue weighted by Gasteiger charge is 2.28. The minimum Gasteiger partial charge on any atom is -0.466 e. The minimum atomic E-state index is -0.228. The molecule has 0 bridgehead atoms. The number of para-hydroxylation sites is 1. The number of esters is 1. The van der Waals surface area contributed by atoms with Gasteiger partial charge >= 0.3 is 5.97 Å². The van der Waals surface area contributed by atoms with Gasteiger partial charge in [-0.25, -0.2) is 4.98 Å². The maximum absolute atomic E-state index is 12.4. The molecule has 0 saturated heterocycles. The van der Waals surface area contributed by atoms with E-state index < -0.39 is 0 Å². The van der Waals surface area contributed by atoms with Crippen molar-refractivity contribution in [3.05, 3.63) is 40.4 Å². The first-order valence-corrected chi connectivity index (χ1v) is 6.85. The second-order valence-electron chi connectivity index (χ2n) is 4.94. The lowest BCUT2D eigenvalue weighted by molar-refractivity contribution is -0.143. The molecule has 1 aliphatic rings. The average Bonchev–Trinajstić information content (AvgIpc) is 2.83. The van der Waals surface area contributed by atoms with Crippen LogP contribution in [0.25, 0.3) is 10.9 Å². The van der Waals surface area contributed by atoms with E-state index in [2.05, 4.69) is 4.98 Å². The molecule has 1 aromatic heterocycles. The van der Waals surface area contributed by atoms with Crippen LogP contribution < -0.4 is 5.56 Å². The zero-order valence-corrected chi connectivity index (χ0v) is 11.3. The van der Waals surface area contributed by atoms with E-state index in [0.717, 1.165) is 6.42 Å². The fraction of sp³-hybridized carbons (Fsp3) is 0.400. The van der Waals surface area contributed by atoms with E-state index in [1.54, 1.807) is 17.6 Å². The van der Waals surface area contributed by atoms with E-state index in [4.69, 9.17) is 4.74 Å². The van der Waals surface area contributed by atoms with Gasteiger partial charge in [0.25, 0.3) is 5.56 Å². The third-order valence-corrected chi connectivity index (χ3v) is 3.68. The SMILES string of the molecule is CCOC(=O)CC1CCn2c1nc1ccccc1c2=O. The molecular formula is C15H16N2O3. The number of benzene rings is 1. The third-order valence-electron chi connectivity index (χ3n) is 3.68. The summed E-state index contributed by atoms with van der Waals surface area (Å²) in [7, 11) is 0. The largest absolute Gasteiger partial charge is 0.466 e. The highest BCUT2D eigenvalue weighted by molar-refractivity contribution is 5.77. The Balaban J connectivity index is 2.01. The van der Waals surface area contributed by atoms with Crippen LogP contribution in [-0.4, -0.2) is 22.1 Å². The Kier molecular flexibility index (Phi) is 3.26. The van der Waals surface area contributed by atoms with E-state index in [1.807, 2.05) is 18.2 Å². The van der Waals surface area contributed by atoms with Gasteiger partial charge in [-0.2, -0.15) is 0 Å². The van der Waals surface area contributed by atoms with Crippen LogP contribution in [0.4, 0.5) is 0 Å². The molecule has 104 valence electrons. The molecule has 0 fully saturated rings. The zero-order chi connectivity index (χ0) is 14.1. The Morgan fingerprint density at radius 1 is 1.45 bits per heavy atom. The van der Waals surface area contributed by atoms with Crippen molar-refractivity contribution in [2.45, 2.75) is 32.2 Å². The summed E-state index contributed by atoms with van der Waals surface area (Å²) < 4.78 is 6.67. The number of aromatic nitrogens is 2. The molecule has 2 heterocycles. The number of hydrogen-bond donors (Lipinski definition) is 0. The number of hydrogen-bond acceptors (Lipinski definition) is 4. The number of carbonyl (C=O) groups excluding carboxylic acids is 1. The fourth-order valence-corrected chi connectivity index (χ4v) is 2.74. The smallest absolute Gasteiger partial charge is 0.306 e. The van der Waals surface area contributed by atoms with Crippen LogP contribution in [0, 0.1) is 0 Å². The van der Waals surface area contributed by atoms with Gasteiger partial charge in [0.2, 0.25) is 0 Å². The first kappa shape index (κ1) is 12.8. The fourth-order valence-electron chi connectivity index (χ4n) is 2.74. The van der Waals surface area contributed by atoms with Crippen LogP contribution in [0.1, 0.15) is 31.5 Å². The molecule has 5 nitrogen and oxygen atoms in total. The molecule has 0 radical (unpaired) electrons. The summed E-state index contributed by atoms with van der Waals surface area (Å²) in [6.07, 6.45) is 1.05. The van der Waals surface area contributed by atoms with E-state index in [0.29, 0.717) is 36.3 Å². The molecule has 1 aliphatic heterocycles. The zero-order valence-electron chi connectivity index (χ0n) is 11.3. The van der Waals surface area contributed by atoms with Crippen LogP contribution in [0.15, 0.2) is 29.1 Å². The van der Waals surface area contributed by atoms with Gasteiger partial charge in [0.1, 0.15) is 5.82 Å². The van der Waals surface area contributed by atoms with Crippen molar-refractivity contribution in [2.75, 3.05) is 6.61 Å². The van der Waals surface area contributed by atoms with Gasteiger partial charge < -0.3 is 4.74 Å². The molecular weight excluding hydrogens is 256 g/mol. The van der Waals surface area contributed by atoms with E-state index >= 15 is 0 Å². The van der Waals surface area contributed by atoms with Crippen molar-refractivity contribution in [1.82, 2.24) is 9.55 Å². The summed E-state index contributed by atoms with van der Waals surface area (Å²) in [6, 6.07) is 7.32. The maximum Gasteiger partial charge on any atom is 0.306 e. The number of rotatable bonds is 3. The van der Waals surface area contributed by atoms with Gasteiger partial charge in [0.05, 0.1) is 23.9 Å². The Morgan fingerprint density at radius 3 is 3.05 bits per heavy atom. The Labute approximate surface area is 116 Å². The van der Waals surface area contributed by atoms with Crippen molar-refractivity contribution in [1.29, 1.82) is 0 Å². The molecule has 0 aliphatic carbocycles. The molecule has 20 heavy (non-hydrogen) atoms. The summed E-state index contributed by atoms with van der Waals surface area (Å²) in [5, 5.41) is 0.632. The second-order valence-corrected chi connectivity index (χ2v) is 4.94. The summed E-state index contributed by atoms with van der Waals surface area (Å²) in [5.74, 6) is 0.460. The molecule has 1 unspecified atom stereocenters. The number of fused-ring (bicyclic) bond motifs is 2. The van der Waals surface area contributed by atoms with Crippen molar-refractivity contribution >= 4 is 16.9 Å². The molecule has 2 aromatic rings. The summed E-state index contributed by atoms with van der Waals surface area (Å²) in [4.78, 5) is 28.6. The summed E-state index contributed by atoms with van der Waals surface area (Å²) in [5.41, 5.74) is 0.677. The van der Waals surface area contributed by atoms with Crippen molar-refractivity contribution in [3.63, 3.8) is 0 Å². The van der Waals surface area contributed by atoms with Crippen molar-refractivity contribution < 1.29 is 9.53 Å². The highest BCUT2D eigenvalue weighted by Crippen LogP contribution is 2.29. The Bertz CT molecular complexity index is 721. The molecule has 5 heteroatoms. The second kappa shape index (κ2) is 5.07. The Hall–Kier alpha value is -2.17. The number of ether oxygens (including phenoxy) is 1. The standard InChI is InChI=1S/C15H16N2O3/c1-2-20-13(18)9-10-7-8-17-14(10)16-12-6-4-3-5-11(12)15(17)19/h3-6,10H,2,7-9H2,1H3. The van der Waals surface area contributed by atoms with Gasteiger partial charge in [0, 0.05) is 12.5 Å². The highest BCUT2D eigenvalue weighted by atomic mass is 16.5. The predicted octanol–water partition coefficient (Wildman–Crippen LogP) is 1.84. The summed E-state index contributed by atoms with van der Waals surface area (Å²) in [6.45, 7) is 2.79. The first-order chi connectivity index (χ1) is 9.70. The van der Waals surface area contributed by atoms with Crippen molar-refractivity contribution in [3.8, 4) is 0 Å². The van der Waals surface area contributed by atoms with Gasteiger partial charge in [0.15, 0.2) is 0 Å². The van der Waals surface area contributed by atoms with Crippen molar-refractivity contribution in [2.24, 2.45) is 0 Å². The number of nitrogens with zero attached hydrogens (tertiary/aromatic N) is 2. The molecule has 0 N–H and O–H groups in total. The molecule has 1 aromatic carbocycles. The van der Waals surface area contributed by atoms with E-state index in [-0.39, 0.29) is 17.4 Å². The monoisotopic (exact) mass is 272 g/mol. The maximum atomic E-state index is 12.4. The van der Waals surface area contributed by atoms with Crippen LogP contribution in [0.3, 0.4) is 0 Å². The van der Waals surface area contributed by atoms with Crippen LogP contribution >= 0.6 is 0 Å². The van der Waals surface area contributed by atoms with Crippen LogP contribution in [0.2, 0.25) is 0 Å². The third kappa shape index (κ3) is 2.09. The quantitative estimate of drug-likeness (QED) is 0.800. The number of carbonyl (C=O) groups is 1. The van der Waals surface area contributed by atoms with E-state index in [1.165, 1.54) is 0 Å². The first-order valence-electron chi connectivity index (χ1n) is 6.85. The van der Waals surface area contributed by atoms with Gasteiger partial charge in [-0.1, -0.05) is 12.1 Å². The predicted molar refractivity (Wildman–Crippen MR) is 74.6 cm³/mol. The van der Waals surface area contributed by atoms with Gasteiger partial charge in [-0.15, -0.1) is 0 Å². The average molecular weight is 272 g/mol. The summed E-state index contributed by atoms with van der Waals surface area (Å²) >= 11 is 0. The lowest BCUT2D eigenvalue weighted by atomic mass is 10.0. The van der Waals surface area contributed by atoms with Gasteiger partial charge in [-0.05, 0) is 25.5 Å². The lowest BCUT2D eigenvalue weighted by Gasteiger charge is -2.10. The lowest BCUT2D eigenvalue weighted by Crippen LogP contribution is -2.21. The minimum absolute atomic E-state index is 0.0167. The van der Waals surface area contributed by atoms with E-state index in [9.17, 15) is 9.59 Å².